The van der Waals surface area contributed by atoms with Crippen LogP contribution < -0.4 is 0 Å². The maximum atomic E-state index is 10.9. The molecule has 0 heterocycles. The molecule has 0 saturated heterocycles. The van der Waals surface area contributed by atoms with E-state index in [1.165, 1.54) is 6.92 Å². The lowest BCUT2D eigenvalue weighted by atomic mass is 10.2. The molecule has 70 valence electrons. The fraction of sp³-hybridized carbons (Fsp3) is 0.714. The Hall–Kier alpha value is -0.630. The van der Waals surface area contributed by atoms with E-state index in [9.17, 15) is 9.59 Å². The fourth-order valence-corrected chi connectivity index (χ4v) is 0.646. The van der Waals surface area contributed by atoms with Crippen LogP contribution in [0.25, 0.3) is 0 Å². The van der Waals surface area contributed by atoms with Crippen molar-refractivity contribution in [3.8, 4) is 0 Å². The molecule has 0 spiro atoms. The summed E-state index contributed by atoms with van der Waals surface area (Å²) in [5.74, 6) is -1.21. The van der Waals surface area contributed by atoms with Crippen molar-refractivity contribution in [2.24, 2.45) is 5.92 Å². The van der Waals surface area contributed by atoms with Gasteiger partial charge < -0.3 is 9.26 Å². The highest BCUT2D eigenvalue weighted by molar-refractivity contribution is 7.10. The average Bonchev–Trinajstić information content (AvgIpc) is 2.02. The third-order valence-electron chi connectivity index (χ3n) is 1.21. The molecule has 0 aromatic rings. The highest BCUT2D eigenvalue weighted by Crippen LogP contribution is 2.03. The molecule has 4 nitrogen and oxygen atoms in total. The Morgan fingerprint density at radius 2 is 1.67 bits per heavy atom. The molecule has 0 saturated carbocycles. The number of hydrogen-bond donors (Lipinski definition) is 0. The van der Waals surface area contributed by atoms with Crippen LogP contribution in [-0.4, -0.2) is 18.0 Å². The van der Waals surface area contributed by atoms with Crippen LogP contribution in [0.4, 0.5) is 0 Å². The second-order valence-electron chi connectivity index (χ2n) is 2.67. The van der Waals surface area contributed by atoms with Crippen molar-refractivity contribution in [2.75, 3.05) is 0 Å². The van der Waals surface area contributed by atoms with Crippen molar-refractivity contribution >= 4 is 21.4 Å². The third kappa shape index (κ3) is 3.67. The first-order valence-corrected chi connectivity index (χ1v) is 4.07. The second kappa shape index (κ2) is 5.09. The van der Waals surface area contributed by atoms with Gasteiger partial charge in [-0.2, -0.15) is 0 Å². The van der Waals surface area contributed by atoms with E-state index in [2.05, 4.69) is 4.52 Å². The van der Waals surface area contributed by atoms with E-state index < -0.39 is 18.0 Å². The molecule has 0 aliphatic rings. The van der Waals surface area contributed by atoms with E-state index in [4.69, 9.17) is 4.74 Å². The average molecular weight is 192 g/mol. The minimum Gasteiger partial charge on any atom is -0.450 e. The molecular formula is C7H13O4P. The van der Waals surface area contributed by atoms with Gasteiger partial charge in [-0.15, -0.1) is 0 Å². The molecule has 0 amide bonds. The number of esters is 1. The molecule has 1 unspecified atom stereocenters. The Bertz CT molecular complexity index is 178. The van der Waals surface area contributed by atoms with E-state index in [-0.39, 0.29) is 5.92 Å². The van der Waals surface area contributed by atoms with E-state index >= 15 is 0 Å². The lowest BCUT2D eigenvalue weighted by molar-refractivity contribution is -0.162. The van der Waals surface area contributed by atoms with E-state index in [1.807, 2.05) is 9.47 Å². The van der Waals surface area contributed by atoms with Crippen molar-refractivity contribution in [1.82, 2.24) is 0 Å². The van der Waals surface area contributed by atoms with Crippen LogP contribution in [0.5, 0.6) is 0 Å². The van der Waals surface area contributed by atoms with Gasteiger partial charge in [0.2, 0.25) is 0 Å². The summed E-state index contributed by atoms with van der Waals surface area (Å²) < 4.78 is 9.03. The standard InChI is InChI=1S/C7H13O4P/c1-4(2)6(8)10-5(3)7(9)11-12/h4-5H,12H2,1-3H3/t5-/m0/s1. The van der Waals surface area contributed by atoms with Crippen LogP contribution in [0, 0.1) is 5.92 Å². The monoisotopic (exact) mass is 192 g/mol. The van der Waals surface area contributed by atoms with Crippen molar-refractivity contribution in [2.45, 2.75) is 26.9 Å². The number of carbonyl (C=O) groups excluding carboxylic acids is 2. The van der Waals surface area contributed by atoms with E-state index in [0.717, 1.165) is 0 Å². The zero-order valence-corrected chi connectivity index (χ0v) is 8.52. The number of ether oxygens (including phenoxy) is 1. The van der Waals surface area contributed by atoms with Crippen LogP contribution in [0.1, 0.15) is 20.8 Å². The summed E-state index contributed by atoms with van der Waals surface area (Å²) in [4.78, 5) is 21.7. The van der Waals surface area contributed by atoms with Crippen LogP contribution in [0.3, 0.4) is 0 Å². The van der Waals surface area contributed by atoms with Crippen LogP contribution >= 0.6 is 9.47 Å². The number of hydrogen-bond acceptors (Lipinski definition) is 4. The van der Waals surface area contributed by atoms with Gasteiger partial charge in [-0.1, -0.05) is 13.8 Å². The summed E-state index contributed by atoms with van der Waals surface area (Å²) in [6.45, 7) is 4.86. The van der Waals surface area contributed by atoms with Crippen LogP contribution in [-0.2, 0) is 18.8 Å². The van der Waals surface area contributed by atoms with Crippen LogP contribution in [0.15, 0.2) is 0 Å². The van der Waals surface area contributed by atoms with Crippen molar-refractivity contribution in [3.05, 3.63) is 0 Å². The Balaban J connectivity index is 3.92. The number of rotatable bonds is 3. The maximum absolute atomic E-state index is 10.9. The quantitative estimate of drug-likeness (QED) is 0.492. The molecular weight excluding hydrogens is 179 g/mol. The largest absolute Gasteiger partial charge is 0.450 e. The fourth-order valence-electron chi connectivity index (χ4n) is 0.454. The third-order valence-corrected chi connectivity index (χ3v) is 1.44. The molecule has 0 aliphatic heterocycles. The predicted octanol–water partition coefficient (Wildman–Crippen LogP) is 0.907. The summed E-state index contributed by atoms with van der Waals surface area (Å²) in [7, 11) is 1.81. The molecule has 0 aromatic carbocycles. The molecule has 2 atom stereocenters. The van der Waals surface area contributed by atoms with E-state index in [1.54, 1.807) is 13.8 Å². The lowest BCUT2D eigenvalue weighted by Crippen LogP contribution is -2.26. The highest BCUT2D eigenvalue weighted by Gasteiger charge is 2.19. The minimum atomic E-state index is -0.836. The number of carbonyl (C=O) groups is 2. The second-order valence-corrected chi connectivity index (χ2v) is 2.91. The first kappa shape index (κ1) is 11.4. The SMILES string of the molecule is CC(C)C(=O)O[C@@H](C)C(=O)OP. The lowest BCUT2D eigenvalue weighted by Gasteiger charge is -2.11. The van der Waals surface area contributed by atoms with Gasteiger partial charge in [0.25, 0.3) is 0 Å². The van der Waals surface area contributed by atoms with Crippen molar-refractivity contribution in [1.29, 1.82) is 0 Å². The zero-order valence-electron chi connectivity index (χ0n) is 7.37. The summed E-state index contributed by atoms with van der Waals surface area (Å²) in [5.41, 5.74) is 0. The maximum Gasteiger partial charge on any atom is 0.349 e. The summed E-state index contributed by atoms with van der Waals surface area (Å²) in [5, 5.41) is 0. The van der Waals surface area contributed by atoms with Gasteiger partial charge >= 0.3 is 11.9 Å². The molecule has 0 radical (unpaired) electrons. The zero-order chi connectivity index (χ0) is 9.72. The minimum absolute atomic E-state index is 0.232. The Morgan fingerprint density at radius 1 is 1.17 bits per heavy atom. The molecule has 0 N–H and O–H groups in total. The van der Waals surface area contributed by atoms with E-state index in [0.29, 0.717) is 0 Å². The summed E-state index contributed by atoms with van der Waals surface area (Å²) >= 11 is 0. The van der Waals surface area contributed by atoms with Gasteiger partial charge in [0.05, 0.1) is 15.4 Å². The highest BCUT2D eigenvalue weighted by atomic mass is 31.0. The molecule has 0 fully saturated rings. The van der Waals surface area contributed by atoms with Crippen LogP contribution in [0.2, 0.25) is 0 Å². The predicted molar refractivity (Wildman–Crippen MR) is 46.2 cm³/mol. The smallest absolute Gasteiger partial charge is 0.349 e. The van der Waals surface area contributed by atoms with Crippen molar-refractivity contribution in [3.63, 3.8) is 0 Å². The molecule has 5 heteroatoms. The van der Waals surface area contributed by atoms with Gasteiger partial charge in [-0.05, 0) is 6.92 Å². The molecule has 12 heavy (non-hydrogen) atoms. The van der Waals surface area contributed by atoms with Gasteiger partial charge in [-0.3, -0.25) is 4.79 Å². The summed E-state index contributed by atoms with van der Waals surface area (Å²) in [6.07, 6.45) is -0.836. The molecule has 0 rings (SSSR count). The van der Waals surface area contributed by atoms with Crippen molar-refractivity contribution < 1.29 is 18.8 Å². The summed E-state index contributed by atoms with van der Waals surface area (Å²) in [6, 6.07) is 0. The van der Waals surface area contributed by atoms with Gasteiger partial charge in [-0.25, -0.2) is 4.79 Å². The normalized spacial score (nSPS) is 12.4. The van der Waals surface area contributed by atoms with Gasteiger partial charge in [0.15, 0.2) is 6.10 Å². The van der Waals surface area contributed by atoms with Gasteiger partial charge in [0.1, 0.15) is 0 Å². The first-order chi connectivity index (χ1) is 5.49. The Labute approximate surface area is 73.9 Å². The molecule has 0 aromatic heterocycles. The Kier molecular flexibility index (Phi) is 4.83. The van der Waals surface area contributed by atoms with Gasteiger partial charge in [0, 0.05) is 0 Å². The topological polar surface area (TPSA) is 52.6 Å². The Morgan fingerprint density at radius 3 is 2.00 bits per heavy atom. The molecule has 0 bridgehead atoms. The molecule has 0 aliphatic carbocycles. The first-order valence-electron chi connectivity index (χ1n) is 3.60.